The van der Waals surface area contributed by atoms with Crippen molar-refractivity contribution in [2.45, 2.75) is 100 Å². The molecule has 4 aliphatic carbocycles. The Kier molecular flexibility index (Phi) is 6.18. The molecule has 6 N–H and O–H groups in total. The smallest absolute Gasteiger partial charge is 0.248 e. The third-order valence-corrected chi connectivity index (χ3v) is 12.2. The minimum absolute atomic E-state index is 0.190. The van der Waals surface area contributed by atoms with E-state index in [1.807, 2.05) is 12.1 Å². The summed E-state index contributed by atoms with van der Waals surface area (Å²) in [6.45, 7) is 11.8. The van der Waals surface area contributed by atoms with E-state index in [1.165, 1.54) is 36.9 Å². The van der Waals surface area contributed by atoms with Gasteiger partial charge < -0.3 is 21.7 Å². The summed E-state index contributed by atoms with van der Waals surface area (Å²) >= 11 is 0. The minimum atomic E-state index is -0.730. The number of likely N-dealkylation sites (tertiary alicyclic amines) is 1. The second-order valence-corrected chi connectivity index (χ2v) is 14.8. The van der Waals surface area contributed by atoms with Crippen LogP contribution in [0.15, 0.2) is 55.3 Å². The molecule has 5 aliphatic rings. The van der Waals surface area contributed by atoms with Crippen LogP contribution in [0.1, 0.15) is 109 Å². The van der Waals surface area contributed by atoms with Gasteiger partial charge in [-0.3, -0.25) is 4.79 Å². The molecule has 0 radical (unpaired) electrons. The average molecular weight is 605 g/mol. The summed E-state index contributed by atoms with van der Waals surface area (Å²) in [7, 11) is 0. The molecule has 0 spiro atoms. The SMILES string of the molecule is C=C(N)c1ccc2c(c1)CCc1cc(C(N)=O)ccc1C2(CC1(NCC(=C)N2C(C)CC34CC23C4)CCCCC1)c1nn[nH]n1. The predicted octanol–water partition coefficient (Wildman–Crippen LogP) is 4.48. The Morgan fingerprint density at radius 3 is 2.27 bits per heavy atom. The Balaban J connectivity index is 1.25. The van der Waals surface area contributed by atoms with Gasteiger partial charge in [-0.2, -0.15) is 5.21 Å². The number of aryl methyl sites for hydroxylation is 2. The molecule has 4 fully saturated rings. The normalized spacial score (nSPS) is 30.3. The first-order chi connectivity index (χ1) is 21.6. The van der Waals surface area contributed by atoms with Crippen molar-refractivity contribution in [2.75, 3.05) is 6.54 Å². The molecule has 2 aromatic carbocycles. The summed E-state index contributed by atoms with van der Waals surface area (Å²) in [5.74, 6) is 0.206. The summed E-state index contributed by atoms with van der Waals surface area (Å²) in [5.41, 5.74) is 19.8. The molecule has 45 heavy (non-hydrogen) atoms. The number of H-pyrrole nitrogens is 1. The maximum Gasteiger partial charge on any atom is 0.248 e. The molecule has 2 atom stereocenters. The lowest BCUT2D eigenvalue weighted by Crippen LogP contribution is -2.54. The number of carbonyl (C=O) groups is 1. The number of nitrogens with one attached hydrogen (secondary N) is 2. The standard InChI is InChI=1S/C36H44N8O/c1-22-17-33-19-35(33,20-33)44(22)23(2)18-39-34(13-5-4-6-14-34)21-36(32-40-42-43-41-32)29-11-9-25(24(3)37)15-26(29)7-8-27-16-28(31(38)45)10-12-30(27)36/h9-12,15-16,22,39H,2-8,13-14,17-21,37H2,1H3,(H2,38,45)(H,40,41,42,43). The van der Waals surface area contributed by atoms with Gasteiger partial charge in [0.2, 0.25) is 5.91 Å². The third kappa shape index (κ3) is 4.15. The monoisotopic (exact) mass is 604 g/mol. The lowest BCUT2D eigenvalue weighted by molar-refractivity contribution is 0.1000. The number of carbonyl (C=O) groups excluding carboxylic acids is 1. The highest BCUT2D eigenvalue weighted by molar-refractivity contribution is 5.93. The van der Waals surface area contributed by atoms with Crippen LogP contribution in [0.3, 0.4) is 0 Å². The molecule has 234 valence electrons. The number of fused-ring (bicyclic) bond motifs is 2. The van der Waals surface area contributed by atoms with E-state index in [0.29, 0.717) is 34.1 Å². The van der Waals surface area contributed by atoms with E-state index in [0.717, 1.165) is 73.7 Å². The molecule has 8 rings (SSSR count). The van der Waals surface area contributed by atoms with Crippen LogP contribution in [-0.4, -0.2) is 55.1 Å². The van der Waals surface area contributed by atoms with Crippen molar-refractivity contribution in [3.63, 3.8) is 0 Å². The molecule has 2 heterocycles. The molecule has 1 saturated heterocycles. The number of aromatic nitrogens is 4. The number of hydrogen-bond acceptors (Lipinski definition) is 7. The number of nitrogens with two attached hydrogens (primary N) is 2. The third-order valence-electron chi connectivity index (χ3n) is 12.2. The van der Waals surface area contributed by atoms with Crippen LogP contribution in [0.5, 0.6) is 0 Å². The molecule has 0 bridgehead atoms. The van der Waals surface area contributed by atoms with Gasteiger partial charge in [-0.15, -0.1) is 10.2 Å². The number of rotatable bonds is 9. The Morgan fingerprint density at radius 1 is 1.02 bits per heavy atom. The van der Waals surface area contributed by atoms with Gasteiger partial charge in [-0.05, 0) is 104 Å². The summed E-state index contributed by atoms with van der Waals surface area (Å²) < 4.78 is 0. The highest BCUT2D eigenvalue weighted by atomic mass is 16.1. The predicted molar refractivity (Wildman–Crippen MR) is 174 cm³/mol. The van der Waals surface area contributed by atoms with Gasteiger partial charge in [0.25, 0.3) is 0 Å². The minimum Gasteiger partial charge on any atom is -0.399 e. The van der Waals surface area contributed by atoms with Crippen molar-refractivity contribution in [2.24, 2.45) is 16.9 Å². The molecule has 2 unspecified atom stereocenters. The fourth-order valence-corrected chi connectivity index (χ4v) is 10.0. The lowest BCUT2D eigenvalue weighted by atomic mass is 9.62. The first kappa shape index (κ1) is 28.5. The van der Waals surface area contributed by atoms with Crippen LogP contribution in [0, 0.1) is 5.41 Å². The van der Waals surface area contributed by atoms with Crippen LogP contribution in [0.2, 0.25) is 0 Å². The zero-order chi connectivity index (χ0) is 31.2. The van der Waals surface area contributed by atoms with Crippen molar-refractivity contribution in [3.05, 3.63) is 94.5 Å². The van der Waals surface area contributed by atoms with E-state index in [1.54, 1.807) is 0 Å². The number of nitrogens with zero attached hydrogens (tertiary/aromatic N) is 4. The topological polar surface area (TPSA) is 139 Å². The maximum absolute atomic E-state index is 12.3. The number of benzene rings is 2. The summed E-state index contributed by atoms with van der Waals surface area (Å²) in [5, 5.41) is 20.5. The number of primary amides is 1. The van der Waals surface area contributed by atoms with E-state index in [4.69, 9.17) is 16.6 Å². The molecule has 3 aromatic rings. The first-order valence-electron chi connectivity index (χ1n) is 16.6. The number of hydrogen-bond donors (Lipinski definition) is 4. The zero-order valence-corrected chi connectivity index (χ0v) is 26.3. The second-order valence-electron chi connectivity index (χ2n) is 14.8. The van der Waals surface area contributed by atoms with Crippen molar-refractivity contribution in [1.82, 2.24) is 30.8 Å². The zero-order valence-electron chi connectivity index (χ0n) is 26.3. The summed E-state index contributed by atoms with van der Waals surface area (Å²) in [4.78, 5) is 15.0. The molecule has 1 aliphatic heterocycles. The summed E-state index contributed by atoms with van der Waals surface area (Å²) in [6.07, 6.45) is 11.9. The van der Waals surface area contributed by atoms with Gasteiger partial charge in [0.1, 0.15) is 0 Å². The number of amides is 1. The summed E-state index contributed by atoms with van der Waals surface area (Å²) in [6, 6.07) is 12.9. The fraction of sp³-hybridized carbons (Fsp3) is 0.500. The van der Waals surface area contributed by atoms with Crippen LogP contribution < -0.4 is 16.8 Å². The van der Waals surface area contributed by atoms with E-state index >= 15 is 0 Å². The fourth-order valence-electron chi connectivity index (χ4n) is 10.0. The lowest BCUT2D eigenvalue weighted by Gasteiger charge is -2.47. The molecule has 9 heteroatoms. The van der Waals surface area contributed by atoms with Crippen LogP contribution in [0.4, 0.5) is 0 Å². The molecule has 1 amide bonds. The molecular weight excluding hydrogens is 560 g/mol. The number of tetrazole rings is 1. The van der Waals surface area contributed by atoms with Crippen LogP contribution in [0.25, 0.3) is 5.70 Å². The Bertz CT molecular complexity index is 1650. The van der Waals surface area contributed by atoms with Crippen molar-refractivity contribution in [3.8, 4) is 0 Å². The van der Waals surface area contributed by atoms with Crippen molar-refractivity contribution >= 4 is 11.6 Å². The number of piperidine rings is 2. The van der Waals surface area contributed by atoms with Gasteiger partial charge in [0.15, 0.2) is 5.82 Å². The Hall–Kier alpha value is -3.98. The van der Waals surface area contributed by atoms with Gasteiger partial charge in [0.05, 0.1) is 5.41 Å². The maximum atomic E-state index is 12.3. The largest absolute Gasteiger partial charge is 0.399 e. The van der Waals surface area contributed by atoms with E-state index < -0.39 is 11.3 Å². The van der Waals surface area contributed by atoms with Gasteiger partial charge in [-0.1, -0.05) is 55.8 Å². The Labute approximate surface area is 264 Å². The van der Waals surface area contributed by atoms with Gasteiger partial charge >= 0.3 is 0 Å². The Morgan fingerprint density at radius 2 is 1.69 bits per heavy atom. The molecule has 1 aromatic heterocycles. The van der Waals surface area contributed by atoms with Crippen LogP contribution >= 0.6 is 0 Å². The molecule has 9 nitrogen and oxygen atoms in total. The van der Waals surface area contributed by atoms with E-state index in [2.05, 4.69) is 70.1 Å². The van der Waals surface area contributed by atoms with Crippen LogP contribution in [-0.2, 0) is 18.3 Å². The van der Waals surface area contributed by atoms with Gasteiger partial charge in [0, 0.05) is 46.0 Å². The molecule has 3 saturated carbocycles. The quantitative estimate of drug-likeness (QED) is 0.282. The van der Waals surface area contributed by atoms with Crippen molar-refractivity contribution in [1.29, 1.82) is 0 Å². The first-order valence-corrected chi connectivity index (χ1v) is 16.6. The highest BCUT2D eigenvalue weighted by Gasteiger charge is 2.89. The highest BCUT2D eigenvalue weighted by Crippen LogP contribution is 2.87. The average Bonchev–Trinajstić information content (AvgIpc) is 3.61. The second kappa shape index (κ2) is 9.76. The van der Waals surface area contributed by atoms with Gasteiger partial charge in [-0.25, -0.2) is 0 Å². The van der Waals surface area contributed by atoms with E-state index in [-0.39, 0.29) is 5.54 Å². The molecular formula is C36H44N8O. The number of aromatic amines is 1. The van der Waals surface area contributed by atoms with E-state index in [9.17, 15) is 4.79 Å². The van der Waals surface area contributed by atoms with Crippen molar-refractivity contribution < 1.29 is 4.79 Å².